The quantitative estimate of drug-likeness (QED) is 0.708. The van der Waals surface area contributed by atoms with Crippen molar-refractivity contribution in [2.45, 2.75) is 6.92 Å². The first-order chi connectivity index (χ1) is 7.11. The van der Waals surface area contributed by atoms with Crippen LogP contribution in [0.5, 0.6) is 0 Å². The zero-order valence-electron chi connectivity index (χ0n) is 8.40. The maximum absolute atomic E-state index is 10.8. The lowest BCUT2D eigenvalue weighted by molar-refractivity contribution is 0.177. The van der Waals surface area contributed by atoms with E-state index in [9.17, 15) is 4.79 Å². The van der Waals surface area contributed by atoms with Crippen LogP contribution in [0.4, 0.5) is 10.6 Å². The van der Waals surface area contributed by atoms with E-state index in [4.69, 9.17) is 12.2 Å². The summed E-state index contributed by atoms with van der Waals surface area (Å²) in [5, 5.41) is 5.23. The van der Waals surface area contributed by atoms with Crippen LogP contribution in [0.2, 0.25) is 0 Å². The number of ether oxygens (including phenoxy) is 1. The highest BCUT2D eigenvalue weighted by atomic mass is 32.1. The highest BCUT2D eigenvalue weighted by Crippen LogP contribution is 2.04. The zero-order chi connectivity index (χ0) is 11.3. The van der Waals surface area contributed by atoms with Gasteiger partial charge in [-0.05, 0) is 36.8 Å². The molecular formula is C9H11N3O2S. The van der Waals surface area contributed by atoms with Gasteiger partial charge in [0.05, 0.1) is 7.11 Å². The molecule has 1 aromatic rings. The summed E-state index contributed by atoms with van der Waals surface area (Å²) in [4.78, 5) is 14.8. The van der Waals surface area contributed by atoms with Crippen LogP contribution in [-0.4, -0.2) is 23.3 Å². The Kier molecular flexibility index (Phi) is 3.99. The number of methoxy groups -OCH3 is 1. The Morgan fingerprint density at radius 1 is 1.60 bits per heavy atom. The summed E-state index contributed by atoms with van der Waals surface area (Å²) in [6.07, 6.45) is 1.04. The van der Waals surface area contributed by atoms with E-state index in [1.807, 2.05) is 19.1 Å². The van der Waals surface area contributed by atoms with Gasteiger partial charge in [0, 0.05) is 6.20 Å². The highest BCUT2D eigenvalue weighted by molar-refractivity contribution is 7.80. The molecule has 0 radical (unpaired) electrons. The number of carbonyl (C=O) groups excluding carboxylic acids is 1. The predicted molar refractivity (Wildman–Crippen MR) is 60.7 cm³/mol. The molecule has 0 fully saturated rings. The molecule has 1 heterocycles. The minimum absolute atomic E-state index is 0.153. The van der Waals surface area contributed by atoms with Gasteiger partial charge in [-0.3, -0.25) is 5.32 Å². The molecule has 0 aromatic carbocycles. The number of anilines is 1. The van der Waals surface area contributed by atoms with Crippen LogP contribution in [0.1, 0.15) is 5.56 Å². The fourth-order valence-electron chi connectivity index (χ4n) is 0.896. The van der Waals surface area contributed by atoms with Crippen molar-refractivity contribution in [3.63, 3.8) is 0 Å². The van der Waals surface area contributed by atoms with Crippen molar-refractivity contribution >= 4 is 29.2 Å². The number of hydrogen-bond donors (Lipinski definition) is 2. The van der Waals surface area contributed by atoms with Crippen molar-refractivity contribution in [2.75, 3.05) is 12.4 Å². The van der Waals surface area contributed by atoms with Crippen molar-refractivity contribution < 1.29 is 9.53 Å². The van der Waals surface area contributed by atoms with E-state index in [2.05, 4.69) is 20.4 Å². The smallest absolute Gasteiger partial charge is 0.413 e. The number of amides is 1. The van der Waals surface area contributed by atoms with Gasteiger partial charge in [0.25, 0.3) is 0 Å². The predicted octanol–water partition coefficient (Wildman–Crippen LogP) is 1.44. The third-order valence-electron chi connectivity index (χ3n) is 1.56. The zero-order valence-corrected chi connectivity index (χ0v) is 9.22. The molecule has 1 aromatic heterocycles. The molecule has 15 heavy (non-hydrogen) atoms. The summed E-state index contributed by atoms with van der Waals surface area (Å²) in [6.45, 7) is 1.93. The average molecular weight is 225 g/mol. The molecule has 1 amide bonds. The van der Waals surface area contributed by atoms with Crippen LogP contribution in [0, 0.1) is 6.92 Å². The Balaban J connectivity index is 2.55. The molecule has 0 aliphatic carbocycles. The largest absolute Gasteiger partial charge is 0.453 e. The number of hydrogen-bond acceptors (Lipinski definition) is 4. The van der Waals surface area contributed by atoms with Crippen LogP contribution in [0.25, 0.3) is 0 Å². The lowest BCUT2D eigenvalue weighted by Gasteiger charge is -2.07. The Morgan fingerprint density at radius 2 is 2.33 bits per heavy atom. The summed E-state index contributed by atoms with van der Waals surface area (Å²) in [5.41, 5.74) is 1.05. The lowest BCUT2D eigenvalue weighted by Crippen LogP contribution is -2.34. The molecule has 2 N–H and O–H groups in total. The van der Waals surface area contributed by atoms with E-state index >= 15 is 0 Å². The third kappa shape index (κ3) is 3.90. The first-order valence-electron chi connectivity index (χ1n) is 4.20. The Hall–Kier alpha value is -1.69. The van der Waals surface area contributed by atoms with E-state index in [0.29, 0.717) is 5.82 Å². The van der Waals surface area contributed by atoms with Gasteiger partial charge in [-0.15, -0.1) is 0 Å². The van der Waals surface area contributed by atoms with Gasteiger partial charge in [-0.2, -0.15) is 0 Å². The van der Waals surface area contributed by atoms with Crippen molar-refractivity contribution in [3.05, 3.63) is 23.9 Å². The fourth-order valence-corrected chi connectivity index (χ4v) is 1.08. The number of thiocarbonyl (C=S) groups is 1. The van der Waals surface area contributed by atoms with Crippen LogP contribution >= 0.6 is 12.2 Å². The summed E-state index contributed by atoms with van der Waals surface area (Å²) in [6, 6.07) is 3.67. The second kappa shape index (κ2) is 5.26. The Labute approximate surface area is 92.8 Å². The summed E-state index contributed by atoms with van der Waals surface area (Å²) < 4.78 is 4.38. The molecule has 0 saturated heterocycles. The third-order valence-corrected chi connectivity index (χ3v) is 1.76. The molecule has 0 bridgehead atoms. The van der Waals surface area contributed by atoms with Gasteiger partial charge in [0.2, 0.25) is 0 Å². The van der Waals surface area contributed by atoms with E-state index in [1.54, 1.807) is 6.20 Å². The van der Waals surface area contributed by atoms with Crippen molar-refractivity contribution in [2.24, 2.45) is 0 Å². The standard InChI is InChI=1S/C9H11N3O2S/c1-6-3-4-10-7(5-6)11-8(15)12-9(13)14-2/h3-5H,1-2H3,(H2,10,11,12,13,15). The SMILES string of the molecule is COC(=O)NC(=S)Nc1cc(C)ccn1. The van der Waals surface area contributed by atoms with Gasteiger partial charge < -0.3 is 10.1 Å². The second-order valence-electron chi connectivity index (χ2n) is 2.79. The molecule has 0 aliphatic heterocycles. The number of aryl methyl sites for hydroxylation is 1. The van der Waals surface area contributed by atoms with Crippen LogP contribution in [-0.2, 0) is 4.74 Å². The summed E-state index contributed by atoms with van der Waals surface area (Å²) >= 11 is 4.86. The fraction of sp³-hybridized carbons (Fsp3) is 0.222. The molecule has 5 nitrogen and oxygen atoms in total. The molecular weight excluding hydrogens is 214 g/mol. The number of rotatable bonds is 1. The number of alkyl carbamates (subject to hydrolysis) is 1. The Morgan fingerprint density at radius 3 is 2.93 bits per heavy atom. The first-order valence-corrected chi connectivity index (χ1v) is 4.61. The molecule has 6 heteroatoms. The van der Waals surface area contributed by atoms with Gasteiger partial charge in [-0.25, -0.2) is 9.78 Å². The lowest BCUT2D eigenvalue weighted by atomic mass is 10.3. The maximum atomic E-state index is 10.8. The summed E-state index contributed by atoms with van der Waals surface area (Å²) in [7, 11) is 1.27. The minimum Gasteiger partial charge on any atom is -0.453 e. The van der Waals surface area contributed by atoms with Crippen molar-refractivity contribution in [3.8, 4) is 0 Å². The van der Waals surface area contributed by atoms with Crippen molar-refractivity contribution in [1.29, 1.82) is 0 Å². The second-order valence-corrected chi connectivity index (χ2v) is 3.20. The average Bonchev–Trinajstić information content (AvgIpc) is 2.17. The molecule has 80 valence electrons. The molecule has 0 atom stereocenters. The number of aromatic nitrogens is 1. The van der Waals surface area contributed by atoms with E-state index < -0.39 is 6.09 Å². The van der Waals surface area contributed by atoms with Gasteiger partial charge >= 0.3 is 6.09 Å². The maximum Gasteiger partial charge on any atom is 0.413 e. The van der Waals surface area contributed by atoms with E-state index in [0.717, 1.165) is 5.56 Å². The van der Waals surface area contributed by atoms with Crippen LogP contribution in [0.15, 0.2) is 18.3 Å². The van der Waals surface area contributed by atoms with E-state index in [-0.39, 0.29) is 5.11 Å². The molecule has 0 unspecified atom stereocenters. The Bertz CT molecular complexity index is 381. The molecule has 1 rings (SSSR count). The first kappa shape index (κ1) is 11.4. The molecule has 0 saturated carbocycles. The number of nitrogens with one attached hydrogen (secondary N) is 2. The highest BCUT2D eigenvalue weighted by Gasteiger charge is 2.03. The van der Waals surface area contributed by atoms with Crippen molar-refractivity contribution in [1.82, 2.24) is 10.3 Å². The minimum atomic E-state index is -0.611. The molecule has 0 aliphatic rings. The van der Waals surface area contributed by atoms with Crippen LogP contribution < -0.4 is 10.6 Å². The molecule has 0 spiro atoms. The number of nitrogens with zero attached hydrogens (tertiary/aromatic N) is 1. The van der Waals surface area contributed by atoms with Gasteiger partial charge in [-0.1, -0.05) is 0 Å². The normalized spacial score (nSPS) is 9.20. The topological polar surface area (TPSA) is 63.2 Å². The van der Waals surface area contributed by atoms with Gasteiger partial charge in [0.15, 0.2) is 5.11 Å². The monoisotopic (exact) mass is 225 g/mol. The number of carbonyl (C=O) groups is 1. The number of pyridine rings is 1. The van der Waals surface area contributed by atoms with E-state index in [1.165, 1.54) is 7.11 Å². The van der Waals surface area contributed by atoms with Crippen LogP contribution in [0.3, 0.4) is 0 Å². The van der Waals surface area contributed by atoms with Gasteiger partial charge in [0.1, 0.15) is 5.82 Å². The summed E-state index contributed by atoms with van der Waals surface area (Å²) in [5.74, 6) is 0.580.